The van der Waals surface area contributed by atoms with Crippen molar-refractivity contribution in [3.8, 4) is 11.8 Å². The zero-order valence-corrected chi connectivity index (χ0v) is 11.4. The number of halogens is 1. The zero-order chi connectivity index (χ0) is 13.6. The van der Waals surface area contributed by atoms with Gasteiger partial charge in [-0.1, -0.05) is 30.4 Å². The Hall–Kier alpha value is -1.26. The molecule has 0 heterocycles. The van der Waals surface area contributed by atoms with Gasteiger partial charge in [0.15, 0.2) is 0 Å². The van der Waals surface area contributed by atoms with E-state index in [2.05, 4.69) is 21.3 Å². The Bertz CT molecular complexity index is 576. The van der Waals surface area contributed by atoms with Crippen LogP contribution in [0.25, 0.3) is 0 Å². The summed E-state index contributed by atoms with van der Waals surface area (Å²) in [6.07, 6.45) is 0. The highest BCUT2D eigenvalue weighted by Crippen LogP contribution is 2.20. The van der Waals surface area contributed by atoms with Crippen molar-refractivity contribution in [2.24, 2.45) is 5.73 Å². The van der Waals surface area contributed by atoms with E-state index in [4.69, 9.17) is 17.3 Å². The van der Waals surface area contributed by atoms with Crippen LogP contribution in [-0.4, -0.2) is 21.5 Å². The van der Waals surface area contributed by atoms with Gasteiger partial charge >= 0.3 is 0 Å². The Morgan fingerprint density at radius 1 is 1.44 bits per heavy atom. The van der Waals surface area contributed by atoms with E-state index in [1.165, 1.54) is 0 Å². The van der Waals surface area contributed by atoms with Crippen LogP contribution < -0.4 is 15.2 Å². The predicted molar refractivity (Wildman–Crippen MR) is 73.6 cm³/mol. The van der Waals surface area contributed by atoms with Gasteiger partial charge in [0.05, 0.1) is 17.8 Å². The first-order valence-corrected chi connectivity index (χ1v) is 7.10. The summed E-state index contributed by atoms with van der Waals surface area (Å²) in [6, 6.07) is 4.71. The van der Waals surface area contributed by atoms with Crippen LogP contribution in [0.5, 0.6) is 0 Å². The largest absolute Gasteiger partial charge is 0.320 e. The van der Waals surface area contributed by atoms with Crippen LogP contribution in [0.4, 0.5) is 5.69 Å². The van der Waals surface area contributed by atoms with E-state index in [-0.39, 0.29) is 6.54 Å². The molecule has 1 aromatic carbocycles. The topological polar surface area (TPSA) is 84.2 Å². The third-order valence-electron chi connectivity index (χ3n) is 1.89. The maximum Gasteiger partial charge on any atom is 0.299 e. The van der Waals surface area contributed by atoms with Crippen LogP contribution in [0.1, 0.15) is 12.5 Å². The Balaban J connectivity index is 3.09. The SMILES string of the molecule is CCNS(=O)(=O)Nc1ccc(Cl)cc1C#CCN. The molecule has 0 saturated carbocycles. The number of hydrogen-bond donors (Lipinski definition) is 3. The van der Waals surface area contributed by atoms with Crippen molar-refractivity contribution in [3.05, 3.63) is 28.8 Å². The van der Waals surface area contributed by atoms with Gasteiger partial charge in [-0.3, -0.25) is 4.72 Å². The molecule has 18 heavy (non-hydrogen) atoms. The first-order chi connectivity index (χ1) is 8.48. The van der Waals surface area contributed by atoms with Gasteiger partial charge in [-0.2, -0.15) is 13.1 Å². The normalized spacial score (nSPS) is 10.6. The van der Waals surface area contributed by atoms with Gasteiger partial charge in [-0.05, 0) is 18.2 Å². The third-order valence-corrected chi connectivity index (χ3v) is 3.28. The second-order valence-electron chi connectivity index (χ2n) is 3.30. The molecule has 1 aromatic rings. The molecule has 98 valence electrons. The van der Waals surface area contributed by atoms with Crippen LogP contribution in [-0.2, 0) is 10.2 Å². The molecule has 0 bridgehead atoms. The minimum Gasteiger partial charge on any atom is -0.320 e. The van der Waals surface area contributed by atoms with E-state index in [0.29, 0.717) is 22.8 Å². The second-order valence-corrected chi connectivity index (χ2v) is 5.24. The fourth-order valence-electron chi connectivity index (χ4n) is 1.23. The Morgan fingerprint density at radius 2 is 2.17 bits per heavy atom. The lowest BCUT2D eigenvalue weighted by atomic mass is 10.2. The third kappa shape index (κ3) is 4.55. The summed E-state index contributed by atoms with van der Waals surface area (Å²) in [5.74, 6) is 5.42. The maximum absolute atomic E-state index is 11.6. The Kier molecular flexibility index (Phi) is 5.44. The van der Waals surface area contributed by atoms with Crippen LogP contribution in [0.2, 0.25) is 5.02 Å². The number of anilines is 1. The van der Waals surface area contributed by atoms with Crippen molar-refractivity contribution < 1.29 is 8.42 Å². The highest BCUT2D eigenvalue weighted by Gasteiger charge is 2.10. The van der Waals surface area contributed by atoms with Crippen LogP contribution in [0, 0.1) is 11.8 Å². The standard InChI is InChI=1S/C11H14ClN3O2S/c1-2-14-18(16,17)15-11-6-5-10(12)8-9(11)4-3-7-13/h5-6,8,14-15H,2,7,13H2,1H3. The van der Waals surface area contributed by atoms with E-state index in [9.17, 15) is 8.42 Å². The molecule has 0 fully saturated rings. The summed E-state index contributed by atoms with van der Waals surface area (Å²) in [5.41, 5.74) is 6.13. The van der Waals surface area contributed by atoms with Crippen molar-refractivity contribution in [3.63, 3.8) is 0 Å². The second kappa shape index (κ2) is 6.61. The van der Waals surface area contributed by atoms with Crippen molar-refractivity contribution in [1.82, 2.24) is 4.72 Å². The number of benzene rings is 1. The van der Waals surface area contributed by atoms with E-state index in [1.54, 1.807) is 25.1 Å². The number of nitrogens with one attached hydrogen (secondary N) is 2. The summed E-state index contributed by atoms with van der Waals surface area (Å²) in [6.45, 7) is 2.18. The number of nitrogens with two attached hydrogens (primary N) is 1. The van der Waals surface area contributed by atoms with Crippen molar-refractivity contribution in [1.29, 1.82) is 0 Å². The van der Waals surface area contributed by atoms with Gasteiger partial charge in [-0.25, -0.2) is 0 Å². The molecule has 0 amide bonds. The quantitative estimate of drug-likeness (QED) is 0.720. The molecule has 4 N–H and O–H groups in total. The Labute approximate surface area is 112 Å². The monoisotopic (exact) mass is 287 g/mol. The molecule has 0 unspecified atom stereocenters. The average molecular weight is 288 g/mol. The van der Waals surface area contributed by atoms with Crippen LogP contribution >= 0.6 is 11.6 Å². The molecule has 0 aliphatic carbocycles. The van der Waals surface area contributed by atoms with Crippen molar-refractivity contribution >= 4 is 27.5 Å². The lowest BCUT2D eigenvalue weighted by Crippen LogP contribution is -2.30. The molecule has 5 nitrogen and oxygen atoms in total. The van der Waals surface area contributed by atoms with Crippen molar-refractivity contribution in [2.75, 3.05) is 17.8 Å². The van der Waals surface area contributed by atoms with E-state index in [0.717, 1.165) is 0 Å². The summed E-state index contributed by atoms with van der Waals surface area (Å²) in [4.78, 5) is 0. The molecule has 0 aliphatic heterocycles. The summed E-state index contributed by atoms with van der Waals surface area (Å²) in [5, 5.41) is 0.475. The van der Waals surface area contributed by atoms with E-state index in [1.807, 2.05) is 0 Å². The Morgan fingerprint density at radius 3 is 2.78 bits per heavy atom. The molecular formula is C11H14ClN3O2S. The van der Waals surface area contributed by atoms with Crippen LogP contribution in [0.15, 0.2) is 18.2 Å². The van der Waals surface area contributed by atoms with Gasteiger partial charge in [0.2, 0.25) is 0 Å². The molecule has 0 atom stereocenters. The lowest BCUT2D eigenvalue weighted by Gasteiger charge is -2.10. The summed E-state index contributed by atoms with van der Waals surface area (Å²) >= 11 is 5.84. The zero-order valence-electron chi connectivity index (χ0n) is 9.83. The molecule has 1 rings (SSSR count). The summed E-state index contributed by atoms with van der Waals surface area (Å²) < 4.78 is 27.9. The maximum atomic E-state index is 11.6. The molecule has 0 aliphatic rings. The molecule has 7 heteroatoms. The van der Waals surface area contributed by atoms with E-state index < -0.39 is 10.2 Å². The fourth-order valence-corrected chi connectivity index (χ4v) is 2.32. The highest BCUT2D eigenvalue weighted by molar-refractivity contribution is 7.90. The van der Waals surface area contributed by atoms with Gasteiger partial charge in [0.1, 0.15) is 0 Å². The summed E-state index contributed by atoms with van der Waals surface area (Å²) in [7, 11) is -3.59. The van der Waals surface area contributed by atoms with Gasteiger partial charge in [-0.15, -0.1) is 0 Å². The molecule has 0 spiro atoms. The smallest absolute Gasteiger partial charge is 0.299 e. The minimum atomic E-state index is -3.59. The first kappa shape index (κ1) is 14.8. The molecule has 0 radical (unpaired) electrons. The van der Waals surface area contributed by atoms with Gasteiger partial charge in [0, 0.05) is 11.6 Å². The molecular weight excluding hydrogens is 274 g/mol. The van der Waals surface area contributed by atoms with Crippen molar-refractivity contribution in [2.45, 2.75) is 6.92 Å². The highest BCUT2D eigenvalue weighted by atomic mass is 35.5. The van der Waals surface area contributed by atoms with Crippen LogP contribution in [0.3, 0.4) is 0 Å². The predicted octanol–water partition coefficient (Wildman–Crippen LogP) is 0.916. The average Bonchev–Trinajstić information content (AvgIpc) is 2.29. The fraction of sp³-hybridized carbons (Fsp3) is 0.273. The first-order valence-electron chi connectivity index (χ1n) is 5.24. The van der Waals surface area contributed by atoms with Gasteiger partial charge < -0.3 is 5.73 Å². The lowest BCUT2D eigenvalue weighted by molar-refractivity contribution is 0.589. The number of rotatable bonds is 4. The minimum absolute atomic E-state index is 0.186. The van der Waals surface area contributed by atoms with E-state index >= 15 is 0 Å². The number of hydrogen-bond acceptors (Lipinski definition) is 3. The molecule has 0 aromatic heterocycles. The molecule has 0 saturated heterocycles. The van der Waals surface area contributed by atoms with Gasteiger partial charge in [0.25, 0.3) is 10.2 Å².